The molecule has 38 heavy (non-hydrogen) atoms. The third-order valence-corrected chi connectivity index (χ3v) is 6.92. The van der Waals surface area contributed by atoms with E-state index in [2.05, 4.69) is 15.5 Å². The molecule has 1 aromatic heterocycles. The number of para-hydroxylation sites is 2. The van der Waals surface area contributed by atoms with Gasteiger partial charge in [0.15, 0.2) is 17.1 Å². The fraction of sp³-hybridized carbons (Fsp3) is 0.129. The lowest BCUT2D eigenvalue weighted by Crippen LogP contribution is -2.30. The van der Waals surface area contributed by atoms with E-state index in [1.54, 1.807) is 0 Å². The van der Waals surface area contributed by atoms with Crippen LogP contribution in [-0.2, 0) is 4.79 Å². The van der Waals surface area contributed by atoms with Crippen molar-refractivity contribution in [1.82, 2.24) is 20.1 Å². The van der Waals surface area contributed by atoms with Crippen LogP contribution >= 0.6 is 11.8 Å². The molecule has 1 atom stereocenters. The lowest BCUT2D eigenvalue weighted by atomic mass is 9.99. The molecule has 0 radical (unpaired) electrons. The minimum Gasteiger partial charge on any atom is -0.483 e. The van der Waals surface area contributed by atoms with Crippen LogP contribution in [0.5, 0.6) is 5.75 Å². The zero-order chi connectivity index (χ0) is 26.2. The first kappa shape index (κ1) is 25.3. The van der Waals surface area contributed by atoms with Gasteiger partial charge < -0.3 is 10.1 Å². The van der Waals surface area contributed by atoms with E-state index in [-0.39, 0.29) is 23.8 Å². The maximum atomic E-state index is 13.2. The molecule has 4 aromatic carbocycles. The number of nitrogens with one attached hydrogen (secondary N) is 1. The summed E-state index contributed by atoms with van der Waals surface area (Å²) >= 11 is 1.35. The van der Waals surface area contributed by atoms with Crippen LogP contribution in [0.1, 0.15) is 36.0 Å². The minimum absolute atomic E-state index is 0.0922. The summed E-state index contributed by atoms with van der Waals surface area (Å²) in [5.74, 6) is 1.51. The molecule has 190 valence electrons. The van der Waals surface area contributed by atoms with Gasteiger partial charge in [0.2, 0.25) is 5.91 Å². The van der Waals surface area contributed by atoms with Crippen LogP contribution in [0.25, 0.3) is 5.69 Å². The van der Waals surface area contributed by atoms with Crippen molar-refractivity contribution in [2.24, 2.45) is 0 Å². The zero-order valence-electron chi connectivity index (χ0n) is 21.0. The number of carbonyl (C=O) groups is 1. The Bertz CT molecular complexity index is 1410. The summed E-state index contributed by atoms with van der Waals surface area (Å²) in [6, 6.07) is 39.2. The molecule has 0 saturated carbocycles. The van der Waals surface area contributed by atoms with Crippen LogP contribution in [0.2, 0.25) is 0 Å². The number of benzene rings is 4. The molecule has 5 aromatic rings. The van der Waals surface area contributed by atoms with Crippen molar-refractivity contribution in [3.8, 4) is 11.4 Å². The summed E-state index contributed by atoms with van der Waals surface area (Å²) in [7, 11) is 0. The smallest absolute Gasteiger partial charge is 0.231 e. The fourth-order valence-electron chi connectivity index (χ4n) is 4.20. The molecule has 7 heteroatoms. The monoisotopic (exact) mass is 520 g/mol. The predicted octanol–water partition coefficient (Wildman–Crippen LogP) is 6.41. The number of ether oxygens (including phenoxy) is 1. The molecule has 0 aliphatic carbocycles. The van der Waals surface area contributed by atoms with Crippen LogP contribution in [0, 0.1) is 0 Å². The van der Waals surface area contributed by atoms with E-state index in [0.29, 0.717) is 11.0 Å². The number of nitrogens with zero attached hydrogens (tertiary/aromatic N) is 3. The molecular weight excluding hydrogens is 492 g/mol. The summed E-state index contributed by atoms with van der Waals surface area (Å²) in [4.78, 5) is 13.2. The van der Waals surface area contributed by atoms with Crippen molar-refractivity contribution >= 4 is 17.7 Å². The van der Waals surface area contributed by atoms with Crippen LogP contribution in [-0.4, -0.2) is 26.4 Å². The fourth-order valence-corrected chi connectivity index (χ4v) is 4.97. The lowest BCUT2D eigenvalue weighted by Gasteiger charge is -2.20. The van der Waals surface area contributed by atoms with E-state index < -0.39 is 0 Å². The molecular formula is C31H28N4O2S. The highest BCUT2D eigenvalue weighted by atomic mass is 32.2. The van der Waals surface area contributed by atoms with Crippen molar-refractivity contribution < 1.29 is 9.53 Å². The van der Waals surface area contributed by atoms with Crippen LogP contribution in [0.3, 0.4) is 0 Å². The van der Waals surface area contributed by atoms with E-state index in [1.165, 1.54) is 11.8 Å². The molecule has 0 spiro atoms. The topological polar surface area (TPSA) is 69.0 Å². The summed E-state index contributed by atoms with van der Waals surface area (Å²) < 4.78 is 8.10. The number of aromatic nitrogens is 3. The van der Waals surface area contributed by atoms with Gasteiger partial charge in [0.05, 0.1) is 11.8 Å². The Balaban J connectivity index is 1.35. The second-order valence-corrected chi connectivity index (χ2v) is 9.64. The molecule has 6 nitrogen and oxygen atoms in total. The number of amides is 1. The van der Waals surface area contributed by atoms with Gasteiger partial charge in [-0.15, -0.1) is 10.2 Å². The first-order valence-electron chi connectivity index (χ1n) is 12.4. The molecule has 1 heterocycles. The Hall–Kier alpha value is -4.36. The maximum absolute atomic E-state index is 13.2. The Labute approximate surface area is 226 Å². The van der Waals surface area contributed by atoms with Crippen molar-refractivity contribution in [2.45, 2.75) is 24.2 Å². The third-order valence-electron chi connectivity index (χ3n) is 6.00. The Morgan fingerprint density at radius 2 is 1.32 bits per heavy atom. The molecule has 0 bridgehead atoms. The van der Waals surface area contributed by atoms with E-state index >= 15 is 0 Å². The van der Waals surface area contributed by atoms with E-state index in [1.807, 2.05) is 133 Å². The molecule has 5 rings (SSSR count). The average Bonchev–Trinajstić information content (AvgIpc) is 3.41. The molecule has 0 saturated heterocycles. The van der Waals surface area contributed by atoms with Gasteiger partial charge in [0.25, 0.3) is 0 Å². The van der Waals surface area contributed by atoms with Gasteiger partial charge in [-0.25, -0.2) is 0 Å². The Kier molecular flexibility index (Phi) is 8.16. The first-order chi connectivity index (χ1) is 18.7. The molecule has 1 N–H and O–H groups in total. The summed E-state index contributed by atoms with van der Waals surface area (Å²) in [5, 5.41) is 12.7. The van der Waals surface area contributed by atoms with Gasteiger partial charge in [-0.2, -0.15) is 0 Å². The SMILES string of the molecule is CC(Oc1ccccc1)c1nnc(SCC(=O)NC(c2ccccc2)c2ccccc2)n1-c1ccccc1. The predicted molar refractivity (Wildman–Crippen MR) is 150 cm³/mol. The van der Waals surface area contributed by atoms with Gasteiger partial charge in [-0.3, -0.25) is 9.36 Å². The summed E-state index contributed by atoms with van der Waals surface area (Å²) in [6.45, 7) is 1.95. The molecule has 0 aliphatic rings. The van der Waals surface area contributed by atoms with Gasteiger partial charge in [-0.1, -0.05) is 109 Å². The maximum Gasteiger partial charge on any atom is 0.231 e. The minimum atomic E-state index is -0.353. The van der Waals surface area contributed by atoms with E-state index in [9.17, 15) is 4.79 Å². The first-order valence-corrected chi connectivity index (χ1v) is 13.4. The number of thioether (sulfide) groups is 1. The van der Waals surface area contributed by atoms with Gasteiger partial charge >= 0.3 is 0 Å². The largest absolute Gasteiger partial charge is 0.483 e. The van der Waals surface area contributed by atoms with Crippen molar-refractivity contribution in [3.63, 3.8) is 0 Å². The number of hydrogen-bond donors (Lipinski definition) is 1. The average molecular weight is 521 g/mol. The van der Waals surface area contributed by atoms with Crippen LogP contribution in [0.15, 0.2) is 126 Å². The molecule has 1 amide bonds. The van der Waals surface area contributed by atoms with Crippen molar-refractivity contribution in [2.75, 3.05) is 5.75 Å². The van der Waals surface area contributed by atoms with Gasteiger partial charge in [-0.05, 0) is 42.3 Å². The summed E-state index contributed by atoms with van der Waals surface area (Å²) in [5.41, 5.74) is 2.96. The second kappa shape index (κ2) is 12.3. The second-order valence-electron chi connectivity index (χ2n) is 8.70. The number of carbonyl (C=O) groups excluding carboxylic acids is 1. The molecule has 0 fully saturated rings. The van der Waals surface area contributed by atoms with E-state index in [0.717, 1.165) is 22.6 Å². The standard InChI is InChI=1S/C31H28N4O2S/c1-23(37-27-20-12-5-13-21-27)30-33-34-31(35(30)26-18-10-4-11-19-26)38-22-28(36)32-29(24-14-6-2-7-15-24)25-16-8-3-9-17-25/h2-21,23,29H,22H2,1H3,(H,32,36). The Morgan fingerprint density at radius 3 is 1.89 bits per heavy atom. The highest BCUT2D eigenvalue weighted by Crippen LogP contribution is 2.28. The Morgan fingerprint density at radius 1 is 0.789 bits per heavy atom. The number of hydrogen-bond acceptors (Lipinski definition) is 5. The molecule has 0 aliphatic heterocycles. The van der Waals surface area contributed by atoms with Gasteiger partial charge in [0, 0.05) is 5.69 Å². The molecule has 1 unspecified atom stereocenters. The van der Waals surface area contributed by atoms with Crippen molar-refractivity contribution in [3.05, 3.63) is 138 Å². The quantitative estimate of drug-likeness (QED) is 0.216. The lowest BCUT2D eigenvalue weighted by molar-refractivity contribution is -0.119. The highest BCUT2D eigenvalue weighted by molar-refractivity contribution is 7.99. The summed E-state index contributed by atoms with van der Waals surface area (Å²) in [6.07, 6.45) is -0.353. The third kappa shape index (κ3) is 6.12. The highest BCUT2D eigenvalue weighted by Gasteiger charge is 2.22. The van der Waals surface area contributed by atoms with E-state index in [4.69, 9.17) is 4.74 Å². The van der Waals surface area contributed by atoms with Gasteiger partial charge in [0.1, 0.15) is 5.75 Å². The number of rotatable bonds is 10. The van der Waals surface area contributed by atoms with Crippen LogP contribution < -0.4 is 10.1 Å². The van der Waals surface area contributed by atoms with Crippen LogP contribution in [0.4, 0.5) is 0 Å². The zero-order valence-corrected chi connectivity index (χ0v) is 21.8. The van der Waals surface area contributed by atoms with Crippen molar-refractivity contribution in [1.29, 1.82) is 0 Å². The normalized spacial score (nSPS) is 11.7.